The Balaban J connectivity index is 1.79. The molecule has 1 aromatic heterocycles. The number of aryl methyl sites for hydroxylation is 1. The van der Waals surface area contributed by atoms with Crippen molar-refractivity contribution in [3.05, 3.63) is 76.6 Å². The normalized spacial score (nSPS) is 10.3. The van der Waals surface area contributed by atoms with Gasteiger partial charge in [-0.25, -0.2) is 4.68 Å². The zero-order valence-corrected chi connectivity index (χ0v) is 14.6. The van der Waals surface area contributed by atoms with E-state index in [0.29, 0.717) is 23.5 Å². The summed E-state index contributed by atoms with van der Waals surface area (Å²) in [5.41, 5.74) is 10.0. The van der Waals surface area contributed by atoms with E-state index in [9.17, 15) is 4.79 Å². The molecule has 2 N–H and O–H groups in total. The molecule has 0 spiro atoms. The SMILES string of the molecule is Cc1nn(-c2ccc(C#N)cc2)c(C)c1COc1ccc(C(N)=O)cc1. The molecule has 0 atom stereocenters. The molecule has 0 saturated heterocycles. The maximum absolute atomic E-state index is 11.1. The number of nitrogens with zero attached hydrogens (tertiary/aromatic N) is 3. The highest BCUT2D eigenvalue weighted by Gasteiger charge is 2.13. The molecule has 0 unspecified atom stereocenters. The molecule has 0 bridgehead atoms. The van der Waals surface area contributed by atoms with Gasteiger partial charge in [0.1, 0.15) is 12.4 Å². The fraction of sp³-hybridized carbons (Fsp3) is 0.150. The van der Waals surface area contributed by atoms with Crippen molar-refractivity contribution in [1.82, 2.24) is 9.78 Å². The monoisotopic (exact) mass is 346 g/mol. The zero-order chi connectivity index (χ0) is 18.7. The number of carbonyl (C=O) groups excluding carboxylic acids is 1. The lowest BCUT2D eigenvalue weighted by atomic mass is 10.2. The molecule has 26 heavy (non-hydrogen) atoms. The molecule has 0 aliphatic carbocycles. The van der Waals surface area contributed by atoms with E-state index in [0.717, 1.165) is 22.6 Å². The van der Waals surface area contributed by atoms with Gasteiger partial charge in [-0.15, -0.1) is 0 Å². The van der Waals surface area contributed by atoms with Crippen molar-refractivity contribution in [2.24, 2.45) is 5.73 Å². The van der Waals surface area contributed by atoms with Gasteiger partial charge in [-0.1, -0.05) is 0 Å². The van der Waals surface area contributed by atoms with Crippen molar-refractivity contribution >= 4 is 5.91 Å². The summed E-state index contributed by atoms with van der Waals surface area (Å²) in [7, 11) is 0. The van der Waals surface area contributed by atoms with Gasteiger partial charge in [0.25, 0.3) is 0 Å². The highest BCUT2D eigenvalue weighted by Crippen LogP contribution is 2.21. The fourth-order valence-electron chi connectivity index (χ4n) is 2.68. The van der Waals surface area contributed by atoms with Crippen molar-refractivity contribution in [1.29, 1.82) is 5.26 Å². The van der Waals surface area contributed by atoms with Crippen molar-refractivity contribution in [2.45, 2.75) is 20.5 Å². The van der Waals surface area contributed by atoms with Crippen LogP contribution in [0.2, 0.25) is 0 Å². The lowest BCUT2D eigenvalue weighted by Crippen LogP contribution is -2.10. The Morgan fingerprint density at radius 2 is 1.81 bits per heavy atom. The summed E-state index contributed by atoms with van der Waals surface area (Å²) < 4.78 is 7.66. The molecule has 0 saturated carbocycles. The van der Waals surface area contributed by atoms with Crippen LogP contribution in [0.5, 0.6) is 5.75 Å². The Labute approximate surface area is 151 Å². The number of nitrogens with two attached hydrogens (primary N) is 1. The van der Waals surface area contributed by atoms with E-state index in [-0.39, 0.29) is 0 Å². The third-order valence-corrected chi connectivity index (χ3v) is 4.20. The number of nitriles is 1. The smallest absolute Gasteiger partial charge is 0.248 e. The van der Waals surface area contributed by atoms with Crippen LogP contribution < -0.4 is 10.5 Å². The Bertz CT molecular complexity index is 980. The first-order chi connectivity index (χ1) is 12.5. The molecule has 0 aliphatic heterocycles. The van der Waals surface area contributed by atoms with Gasteiger partial charge in [0, 0.05) is 16.8 Å². The number of hydrogen-bond acceptors (Lipinski definition) is 4. The average molecular weight is 346 g/mol. The quantitative estimate of drug-likeness (QED) is 0.768. The Morgan fingerprint density at radius 3 is 2.38 bits per heavy atom. The summed E-state index contributed by atoms with van der Waals surface area (Å²) in [6.45, 7) is 4.28. The van der Waals surface area contributed by atoms with Crippen LogP contribution in [-0.4, -0.2) is 15.7 Å². The third-order valence-electron chi connectivity index (χ3n) is 4.20. The molecule has 130 valence electrons. The summed E-state index contributed by atoms with van der Waals surface area (Å²) in [5, 5.41) is 13.5. The Morgan fingerprint density at radius 1 is 1.15 bits per heavy atom. The standard InChI is InChI=1S/C20H18N4O2/c1-13-19(12-26-18-9-5-16(6-10-18)20(22)25)14(2)24(23-13)17-7-3-15(11-21)4-8-17/h3-10H,12H2,1-2H3,(H2,22,25). The predicted octanol–water partition coefficient (Wildman–Crippen LogP) is 3.04. The molecule has 0 aliphatic rings. The van der Waals surface area contributed by atoms with Gasteiger partial charge in [0.05, 0.1) is 23.0 Å². The van der Waals surface area contributed by atoms with E-state index in [2.05, 4.69) is 11.2 Å². The van der Waals surface area contributed by atoms with Gasteiger partial charge in [-0.2, -0.15) is 10.4 Å². The van der Waals surface area contributed by atoms with E-state index in [1.165, 1.54) is 0 Å². The van der Waals surface area contributed by atoms with Crippen LogP contribution in [0.15, 0.2) is 48.5 Å². The zero-order valence-electron chi connectivity index (χ0n) is 14.6. The molecular formula is C20H18N4O2. The Kier molecular flexibility index (Phi) is 4.72. The second kappa shape index (κ2) is 7.11. The van der Waals surface area contributed by atoms with Gasteiger partial charge >= 0.3 is 0 Å². The van der Waals surface area contributed by atoms with Crippen LogP contribution in [0, 0.1) is 25.2 Å². The fourth-order valence-corrected chi connectivity index (χ4v) is 2.68. The molecular weight excluding hydrogens is 328 g/mol. The van der Waals surface area contributed by atoms with Crippen molar-refractivity contribution < 1.29 is 9.53 Å². The molecule has 1 amide bonds. The van der Waals surface area contributed by atoms with E-state index >= 15 is 0 Å². The second-order valence-electron chi connectivity index (χ2n) is 5.90. The first-order valence-electron chi connectivity index (χ1n) is 8.08. The van der Waals surface area contributed by atoms with Crippen LogP contribution in [0.3, 0.4) is 0 Å². The molecule has 3 aromatic rings. The third kappa shape index (κ3) is 3.42. The van der Waals surface area contributed by atoms with Gasteiger partial charge in [-0.3, -0.25) is 4.79 Å². The molecule has 2 aromatic carbocycles. The first kappa shape index (κ1) is 17.2. The number of carbonyl (C=O) groups is 1. The number of ether oxygens (including phenoxy) is 1. The molecule has 0 fully saturated rings. The number of primary amides is 1. The summed E-state index contributed by atoms with van der Waals surface area (Å²) in [6.07, 6.45) is 0. The number of benzene rings is 2. The number of amides is 1. The number of aromatic nitrogens is 2. The van der Waals surface area contributed by atoms with Crippen molar-refractivity contribution in [3.8, 4) is 17.5 Å². The molecule has 6 heteroatoms. The van der Waals surface area contributed by atoms with Gasteiger partial charge in [0.15, 0.2) is 0 Å². The highest BCUT2D eigenvalue weighted by molar-refractivity contribution is 5.92. The van der Waals surface area contributed by atoms with E-state index in [4.69, 9.17) is 15.7 Å². The maximum Gasteiger partial charge on any atom is 0.248 e. The van der Waals surface area contributed by atoms with Crippen LogP contribution in [0.25, 0.3) is 5.69 Å². The minimum Gasteiger partial charge on any atom is -0.489 e. The van der Waals surface area contributed by atoms with Crippen molar-refractivity contribution in [2.75, 3.05) is 0 Å². The summed E-state index contributed by atoms with van der Waals surface area (Å²) in [5.74, 6) is 0.187. The minimum atomic E-state index is -0.466. The lowest BCUT2D eigenvalue weighted by Gasteiger charge is -2.08. The summed E-state index contributed by atoms with van der Waals surface area (Å²) in [4.78, 5) is 11.1. The van der Waals surface area contributed by atoms with Gasteiger partial charge < -0.3 is 10.5 Å². The van der Waals surface area contributed by atoms with E-state index < -0.39 is 5.91 Å². The maximum atomic E-state index is 11.1. The van der Waals surface area contributed by atoms with Gasteiger partial charge in [-0.05, 0) is 62.4 Å². The minimum absolute atomic E-state index is 0.365. The van der Waals surface area contributed by atoms with E-state index in [1.54, 1.807) is 36.4 Å². The van der Waals surface area contributed by atoms with Crippen LogP contribution >= 0.6 is 0 Å². The molecule has 0 radical (unpaired) electrons. The topological polar surface area (TPSA) is 93.9 Å². The molecule has 1 heterocycles. The van der Waals surface area contributed by atoms with Gasteiger partial charge in [0.2, 0.25) is 5.91 Å². The van der Waals surface area contributed by atoms with Crippen LogP contribution in [0.4, 0.5) is 0 Å². The average Bonchev–Trinajstić information content (AvgIpc) is 2.94. The Hall–Kier alpha value is -3.59. The second-order valence-corrected chi connectivity index (χ2v) is 5.90. The first-order valence-corrected chi connectivity index (χ1v) is 8.08. The largest absolute Gasteiger partial charge is 0.489 e. The van der Waals surface area contributed by atoms with Crippen molar-refractivity contribution in [3.63, 3.8) is 0 Å². The molecule has 3 rings (SSSR count). The predicted molar refractivity (Wildman–Crippen MR) is 97.0 cm³/mol. The summed E-state index contributed by atoms with van der Waals surface area (Å²) >= 11 is 0. The number of hydrogen-bond donors (Lipinski definition) is 1. The van der Waals surface area contributed by atoms with Crippen LogP contribution in [-0.2, 0) is 6.61 Å². The number of rotatable bonds is 5. The molecule has 6 nitrogen and oxygen atoms in total. The lowest BCUT2D eigenvalue weighted by molar-refractivity contribution is 0.1000. The summed E-state index contributed by atoms with van der Waals surface area (Å²) in [6, 6.07) is 16.1. The highest BCUT2D eigenvalue weighted by atomic mass is 16.5. The van der Waals surface area contributed by atoms with E-state index in [1.807, 2.05) is 30.7 Å². The van der Waals surface area contributed by atoms with Crippen LogP contribution in [0.1, 0.15) is 32.9 Å².